The molecule has 0 aliphatic heterocycles. The van der Waals surface area contributed by atoms with Gasteiger partial charge in [0.15, 0.2) is 0 Å². The van der Waals surface area contributed by atoms with E-state index in [2.05, 4.69) is 15.3 Å². The van der Waals surface area contributed by atoms with E-state index in [0.29, 0.717) is 5.56 Å². The molecule has 122 valence electrons. The molecule has 0 fully saturated rings. The second kappa shape index (κ2) is 6.45. The van der Waals surface area contributed by atoms with Gasteiger partial charge in [-0.05, 0) is 48.5 Å². The van der Waals surface area contributed by atoms with Gasteiger partial charge in [0.1, 0.15) is 0 Å². The lowest BCUT2D eigenvalue weighted by Gasteiger charge is -2.08. The molecule has 6 nitrogen and oxygen atoms in total. The minimum Gasteiger partial charge on any atom is -0.322 e. The van der Waals surface area contributed by atoms with Gasteiger partial charge in [-0.3, -0.25) is 4.79 Å². The van der Waals surface area contributed by atoms with Crippen LogP contribution < -0.4 is 5.32 Å². The molecule has 0 saturated carbocycles. The van der Waals surface area contributed by atoms with Crippen LogP contribution in [0.3, 0.4) is 0 Å². The smallest absolute Gasteiger partial charge is 0.255 e. The number of hydrogen-bond donors (Lipinski definition) is 1. The van der Waals surface area contributed by atoms with Gasteiger partial charge in [-0.2, -0.15) is 0 Å². The Hall–Kier alpha value is -3.67. The van der Waals surface area contributed by atoms with E-state index in [1.54, 1.807) is 37.2 Å². The topological polar surface area (TPSA) is 64.7 Å². The summed E-state index contributed by atoms with van der Waals surface area (Å²) in [6, 6.07) is 15.0. The van der Waals surface area contributed by atoms with Gasteiger partial charge in [0.25, 0.3) is 5.91 Å². The summed E-state index contributed by atoms with van der Waals surface area (Å²) in [5.74, 6) is -0.146. The molecule has 4 rings (SSSR count). The van der Waals surface area contributed by atoms with Crippen LogP contribution in [0.5, 0.6) is 0 Å². The highest BCUT2D eigenvalue weighted by Gasteiger charge is 2.07. The fraction of sp³-hybridized carbons (Fsp3) is 0. The normalized spacial score (nSPS) is 10.6. The number of amides is 1. The van der Waals surface area contributed by atoms with E-state index in [0.717, 1.165) is 17.1 Å². The molecule has 4 aromatic rings. The molecule has 2 aromatic heterocycles. The van der Waals surface area contributed by atoms with Gasteiger partial charge >= 0.3 is 0 Å². The molecule has 0 aliphatic rings. The maximum absolute atomic E-state index is 12.4. The molecule has 0 saturated heterocycles. The van der Waals surface area contributed by atoms with E-state index < -0.39 is 0 Å². The molecule has 6 heteroatoms. The first-order chi connectivity index (χ1) is 12.3. The summed E-state index contributed by atoms with van der Waals surface area (Å²) >= 11 is 0. The molecule has 25 heavy (non-hydrogen) atoms. The summed E-state index contributed by atoms with van der Waals surface area (Å²) in [6.45, 7) is 0. The minimum atomic E-state index is -0.146. The molecule has 0 unspecified atom stereocenters. The number of nitrogens with zero attached hydrogens (tertiary/aromatic N) is 4. The van der Waals surface area contributed by atoms with Crippen molar-refractivity contribution in [3.63, 3.8) is 0 Å². The second-order valence-electron chi connectivity index (χ2n) is 5.49. The highest BCUT2D eigenvalue weighted by atomic mass is 16.1. The van der Waals surface area contributed by atoms with Crippen molar-refractivity contribution in [3.8, 4) is 11.4 Å². The second-order valence-corrected chi connectivity index (χ2v) is 5.49. The minimum absolute atomic E-state index is 0.146. The third-order valence-electron chi connectivity index (χ3n) is 3.86. The zero-order valence-electron chi connectivity index (χ0n) is 13.3. The molecule has 2 heterocycles. The highest BCUT2D eigenvalue weighted by molar-refractivity contribution is 6.04. The maximum atomic E-state index is 12.4. The summed E-state index contributed by atoms with van der Waals surface area (Å²) in [4.78, 5) is 20.4. The molecular formula is C19H15N5O. The third-order valence-corrected chi connectivity index (χ3v) is 3.86. The van der Waals surface area contributed by atoms with Crippen LogP contribution in [-0.4, -0.2) is 25.0 Å². The Balaban J connectivity index is 1.46. The van der Waals surface area contributed by atoms with Crippen molar-refractivity contribution in [3.05, 3.63) is 91.5 Å². The van der Waals surface area contributed by atoms with Crippen LogP contribution in [0.4, 0.5) is 5.69 Å². The predicted octanol–water partition coefficient (Wildman–Crippen LogP) is 3.31. The zero-order chi connectivity index (χ0) is 17.1. The van der Waals surface area contributed by atoms with E-state index in [9.17, 15) is 4.79 Å². The molecular weight excluding hydrogens is 314 g/mol. The quantitative estimate of drug-likeness (QED) is 0.625. The van der Waals surface area contributed by atoms with Gasteiger partial charge in [0.2, 0.25) is 0 Å². The van der Waals surface area contributed by atoms with Crippen LogP contribution in [-0.2, 0) is 0 Å². The molecule has 2 aromatic carbocycles. The predicted molar refractivity (Wildman–Crippen MR) is 95.1 cm³/mol. The first kappa shape index (κ1) is 14.9. The summed E-state index contributed by atoms with van der Waals surface area (Å²) in [7, 11) is 0. The molecule has 1 amide bonds. The lowest BCUT2D eigenvalue weighted by Crippen LogP contribution is -2.11. The fourth-order valence-electron chi connectivity index (χ4n) is 2.53. The first-order valence-electron chi connectivity index (χ1n) is 7.78. The van der Waals surface area contributed by atoms with Crippen molar-refractivity contribution in [1.29, 1.82) is 0 Å². The van der Waals surface area contributed by atoms with E-state index in [1.165, 1.54) is 0 Å². The summed E-state index contributed by atoms with van der Waals surface area (Å²) < 4.78 is 3.79. The number of aromatic nitrogens is 4. The van der Waals surface area contributed by atoms with Crippen molar-refractivity contribution < 1.29 is 4.79 Å². The van der Waals surface area contributed by atoms with Gasteiger partial charge in [0.05, 0.1) is 12.7 Å². The van der Waals surface area contributed by atoms with Crippen molar-refractivity contribution >= 4 is 11.6 Å². The van der Waals surface area contributed by atoms with Crippen molar-refractivity contribution in [2.75, 3.05) is 5.32 Å². The van der Waals surface area contributed by atoms with Crippen LogP contribution in [0.2, 0.25) is 0 Å². The highest BCUT2D eigenvalue weighted by Crippen LogP contribution is 2.15. The van der Waals surface area contributed by atoms with Crippen molar-refractivity contribution in [1.82, 2.24) is 19.1 Å². The van der Waals surface area contributed by atoms with Crippen LogP contribution in [0, 0.1) is 0 Å². The Morgan fingerprint density at radius 3 is 1.76 bits per heavy atom. The van der Waals surface area contributed by atoms with Crippen LogP contribution in [0.25, 0.3) is 11.4 Å². The van der Waals surface area contributed by atoms with Gasteiger partial charge in [-0.1, -0.05) is 0 Å². The lowest BCUT2D eigenvalue weighted by molar-refractivity contribution is 0.102. The van der Waals surface area contributed by atoms with Crippen LogP contribution in [0.15, 0.2) is 86.0 Å². The van der Waals surface area contributed by atoms with E-state index >= 15 is 0 Å². The number of nitrogens with one attached hydrogen (secondary N) is 1. The number of anilines is 1. The largest absolute Gasteiger partial charge is 0.322 e. The molecule has 0 atom stereocenters. The molecule has 0 spiro atoms. The molecule has 0 aliphatic carbocycles. The average molecular weight is 329 g/mol. The van der Waals surface area contributed by atoms with E-state index in [-0.39, 0.29) is 5.91 Å². The number of carbonyl (C=O) groups excluding carboxylic acids is 1. The van der Waals surface area contributed by atoms with Crippen LogP contribution >= 0.6 is 0 Å². The monoisotopic (exact) mass is 329 g/mol. The Kier molecular flexibility index (Phi) is 3.84. The Morgan fingerprint density at radius 2 is 1.28 bits per heavy atom. The maximum Gasteiger partial charge on any atom is 0.255 e. The first-order valence-corrected chi connectivity index (χ1v) is 7.78. The molecule has 1 N–H and O–H groups in total. The van der Waals surface area contributed by atoms with Gasteiger partial charge in [0, 0.05) is 47.4 Å². The summed E-state index contributed by atoms with van der Waals surface area (Å²) in [5, 5.41) is 2.90. The summed E-state index contributed by atoms with van der Waals surface area (Å²) in [5.41, 5.74) is 3.29. The van der Waals surface area contributed by atoms with Crippen LogP contribution in [0.1, 0.15) is 10.4 Å². The van der Waals surface area contributed by atoms with Crippen molar-refractivity contribution in [2.45, 2.75) is 0 Å². The number of benzene rings is 2. The van der Waals surface area contributed by atoms with E-state index in [1.807, 2.05) is 57.9 Å². The third kappa shape index (κ3) is 3.18. The number of rotatable bonds is 4. The fourth-order valence-corrected chi connectivity index (χ4v) is 2.53. The molecule has 0 bridgehead atoms. The number of imidazole rings is 2. The summed E-state index contributed by atoms with van der Waals surface area (Å²) in [6.07, 6.45) is 10.6. The number of hydrogen-bond acceptors (Lipinski definition) is 3. The number of carbonyl (C=O) groups is 1. The van der Waals surface area contributed by atoms with Gasteiger partial charge in [-0.25, -0.2) is 9.97 Å². The Labute approximate surface area is 144 Å². The van der Waals surface area contributed by atoms with Crippen molar-refractivity contribution in [2.24, 2.45) is 0 Å². The average Bonchev–Trinajstić information content (AvgIpc) is 3.36. The van der Waals surface area contributed by atoms with E-state index in [4.69, 9.17) is 0 Å². The molecule has 0 radical (unpaired) electrons. The lowest BCUT2D eigenvalue weighted by atomic mass is 10.2. The van der Waals surface area contributed by atoms with Gasteiger partial charge in [-0.15, -0.1) is 0 Å². The Bertz CT molecular complexity index is 956. The zero-order valence-corrected chi connectivity index (χ0v) is 13.3. The SMILES string of the molecule is O=C(Nc1ccc(-n2ccnc2)cc1)c1ccc(-n2ccnc2)cc1. The van der Waals surface area contributed by atoms with Gasteiger partial charge < -0.3 is 14.5 Å². The Morgan fingerprint density at radius 1 is 0.760 bits per heavy atom. The standard InChI is InChI=1S/C19H15N5O/c25-19(15-1-5-17(6-2-15)23-11-9-20-13-23)22-16-3-7-18(8-4-16)24-12-10-21-14-24/h1-14H,(H,22,25).